The van der Waals surface area contributed by atoms with Crippen LogP contribution in [0.5, 0.6) is 0 Å². The fourth-order valence-corrected chi connectivity index (χ4v) is 4.85. The van der Waals surface area contributed by atoms with Gasteiger partial charge in [0, 0.05) is 11.3 Å². The lowest BCUT2D eigenvalue weighted by molar-refractivity contribution is -0.148. The van der Waals surface area contributed by atoms with Crippen molar-refractivity contribution in [3.63, 3.8) is 0 Å². The van der Waals surface area contributed by atoms with Crippen molar-refractivity contribution in [2.24, 2.45) is 0 Å². The Hall–Kier alpha value is -3.03. The molecule has 30 heavy (non-hydrogen) atoms. The number of hydrogen-bond donors (Lipinski definition) is 1. The summed E-state index contributed by atoms with van der Waals surface area (Å²) in [5, 5.41) is 5.83. The Morgan fingerprint density at radius 1 is 1.00 bits per heavy atom. The number of ether oxygens (including phenoxy) is 1. The molecule has 5 nitrogen and oxygen atoms in total. The molecule has 1 amide bonds. The highest BCUT2D eigenvalue weighted by Gasteiger charge is 2.18. The van der Waals surface area contributed by atoms with Gasteiger partial charge in [0.15, 0.2) is 6.61 Å². The fourth-order valence-electron chi connectivity index (χ4n) is 3.08. The molecule has 1 atom stereocenters. The van der Waals surface area contributed by atoms with Gasteiger partial charge in [-0.2, -0.15) is 0 Å². The van der Waals surface area contributed by atoms with Crippen molar-refractivity contribution in [3.8, 4) is 0 Å². The van der Waals surface area contributed by atoms with Gasteiger partial charge in [0.1, 0.15) is 0 Å². The van der Waals surface area contributed by atoms with Gasteiger partial charge in [-0.15, -0.1) is 22.7 Å². The normalized spacial score (nSPS) is 11.9. The molecular formula is C23H20N2O3S2. The highest BCUT2D eigenvalue weighted by molar-refractivity contribution is 7.18. The van der Waals surface area contributed by atoms with Gasteiger partial charge in [0.05, 0.1) is 27.7 Å². The van der Waals surface area contributed by atoms with Crippen LogP contribution in [0.25, 0.3) is 10.2 Å². The Balaban J connectivity index is 1.29. The van der Waals surface area contributed by atoms with Gasteiger partial charge in [0.25, 0.3) is 5.91 Å². The summed E-state index contributed by atoms with van der Waals surface area (Å²) in [6, 6.07) is 21.3. The number of nitrogens with zero attached hydrogens (tertiary/aromatic N) is 1. The first-order chi connectivity index (χ1) is 14.7. The van der Waals surface area contributed by atoms with Gasteiger partial charge in [-0.1, -0.05) is 48.5 Å². The standard InChI is InChI=1S/C23H20N2O3S2/c26-20(25-23(19-11-6-14-29-19)16-7-2-1-3-8-16)15-28-22(27)13-12-21-24-17-9-4-5-10-18(17)30-21/h1-11,14,23H,12-13,15H2,(H,25,26). The van der Waals surface area contributed by atoms with Gasteiger partial charge in [-0.05, 0) is 29.1 Å². The van der Waals surface area contributed by atoms with E-state index in [-0.39, 0.29) is 25.0 Å². The number of para-hydroxylation sites is 1. The third kappa shape index (κ3) is 5.11. The van der Waals surface area contributed by atoms with Crippen LogP contribution in [0.4, 0.5) is 0 Å². The topological polar surface area (TPSA) is 68.3 Å². The molecule has 0 saturated heterocycles. The van der Waals surface area contributed by atoms with E-state index in [4.69, 9.17) is 4.74 Å². The fraction of sp³-hybridized carbons (Fsp3) is 0.174. The molecule has 0 aliphatic carbocycles. The van der Waals surface area contributed by atoms with Crippen LogP contribution in [0.1, 0.15) is 27.9 Å². The molecule has 0 radical (unpaired) electrons. The number of rotatable bonds is 8. The van der Waals surface area contributed by atoms with Gasteiger partial charge in [0.2, 0.25) is 0 Å². The maximum atomic E-state index is 12.4. The number of aromatic nitrogens is 1. The zero-order valence-corrected chi connectivity index (χ0v) is 17.7. The molecule has 0 fully saturated rings. The van der Waals surface area contributed by atoms with E-state index in [2.05, 4.69) is 10.3 Å². The molecule has 7 heteroatoms. The van der Waals surface area contributed by atoms with E-state index >= 15 is 0 Å². The Morgan fingerprint density at radius 3 is 2.57 bits per heavy atom. The molecule has 4 rings (SSSR count). The summed E-state index contributed by atoms with van der Waals surface area (Å²) in [5.41, 5.74) is 1.92. The van der Waals surface area contributed by atoms with Crippen LogP contribution in [-0.2, 0) is 20.7 Å². The third-order valence-corrected chi connectivity index (χ3v) is 6.54. The second kappa shape index (κ2) is 9.65. The average Bonchev–Trinajstić information content (AvgIpc) is 3.45. The van der Waals surface area contributed by atoms with Crippen LogP contribution in [0.3, 0.4) is 0 Å². The number of carbonyl (C=O) groups excluding carboxylic acids is 2. The van der Waals surface area contributed by atoms with Gasteiger partial charge < -0.3 is 10.1 Å². The van der Waals surface area contributed by atoms with Crippen LogP contribution in [0.15, 0.2) is 72.1 Å². The van der Waals surface area contributed by atoms with Crippen molar-refractivity contribution in [2.45, 2.75) is 18.9 Å². The lowest BCUT2D eigenvalue weighted by Crippen LogP contribution is -2.32. The van der Waals surface area contributed by atoms with Crippen molar-refractivity contribution in [1.82, 2.24) is 10.3 Å². The SMILES string of the molecule is O=C(COC(=O)CCc1nc2ccccc2s1)NC(c1ccccc1)c1cccs1. The molecule has 0 aliphatic rings. The van der Waals surface area contributed by atoms with Crippen molar-refractivity contribution < 1.29 is 14.3 Å². The van der Waals surface area contributed by atoms with E-state index in [1.54, 1.807) is 22.7 Å². The van der Waals surface area contributed by atoms with Crippen molar-refractivity contribution in [1.29, 1.82) is 0 Å². The number of thiophene rings is 1. The van der Waals surface area contributed by atoms with E-state index < -0.39 is 5.97 Å². The quantitative estimate of drug-likeness (QED) is 0.405. The maximum Gasteiger partial charge on any atom is 0.306 e. The van der Waals surface area contributed by atoms with Crippen LogP contribution in [0, 0.1) is 0 Å². The van der Waals surface area contributed by atoms with Gasteiger partial charge in [-0.3, -0.25) is 9.59 Å². The number of benzene rings is 2. The maximum absolute atomic E-state index is 12.4. The molecular weight excluding hydrogens is 416 g/mol. The molecule has 0 saturated carbocycles. The summed E-state index contributed by atoms with van der Waals surface area (Å²) in [4.78, 5) is 30.1. The summed E-state index contributed by atoms with van der Waals surface area (Å²) in [5.74, 6) is -0.734. The molecule has 2 aromatic heterocycles. The van der Waals surface area contributed by atoms with Crippen molar-refractivity contribution >= 4 is 44.8 Å². The predicted molar refractivity (Wildman–Crippen MR) is 120 cm³/mol. The minimum atomic E-state index is -0.406. The highest BCUT2D eigenvalue weighted by Crippen LogP contribution is 2.26. The monoisotopic (exact) mass is 436 g/mol. The number of amides is 1. The Kier molecular flexibility index (Phi) is 6.51. The number of aryl methyl sites for hydroxylation is 1. The zero-order valence-electron chi connectivity index (χ0n) is 16.1. The van der Waals surface area contributed by atoms with E-state index in [0.717, 1.165) is 25.7 Å². The Bertz CT molecular complexity index is 1090. The van der Waals surface area contributed by atoms with Crippen molar-refractivity contribution in [3.05, 3.63) is 87.6 Å². The number of esters is 1. The summed E-state index contributed by atoms with van der Waals surface area (Å²) in [6.45, 7) is -0.298. The van der Waals surface area contributed by atoms with Gasteiger partial charge >= 0.3 is 5.97 Å². The second-order valence-corrected chi connectivity index (χ2v) is 8.76. The Morgan fingerprint density at radius 2 is 1.80 bits per heavy atom. The first-order valence-corrected chi connectivity index (χ1v) is 11.3. The Labute approximate surface area is 182 Å². The summed E-state index contributed by atoms with van der Waals surface area (Å²) >= 11 is 3.14. The van der Waals surface area contributed by atoms with Gasteiger partial charge in [-0.25, -0.2) is 4.98 Å². The minimum absolute atomic E-state index is 0.195. The van der Waals surface area contributed by atoms with Crippen LogP contribution in [0.2, 0.25) is 0 Å². The molecule has 0 spiro atoms. The average molecular weight is 437 g/mol. The molecule has 2 heterocycles. The number of nitrogens with one attached hydrogen (secondary N) is 1. The van der Waals surface area contributed by atoms with E-state index in [1.165, 1.54) is 0 Å². The molecule has 1 N–H and O–H groups in total. The van der Waals surface area contributed by atoms with E-state index in [0.29, 0.717) is 6.42 Å². The smallest absolute Gasteiger partial charge is 0.306 e. The minimum Gasteiger partial charge on any atom is -0.456 e. The third-order valence-electron chi connectivity index (χ3n) is 4.51. The van der Waals surface area contributed by atoms with E-state index in [9.17, 15) is 9.59 Å². The highest BCUT2D eigenvalue weighted by atomic mass is 32.1. The largest absolute Gasteiger partial charge is 0.456 e. The molecule has 0 bridgehead atoms. The lowest BCUT2D eigenvalue weighted by Gasteiger charge is -2.18. The number of thiazole rings is 1. The number of fused-ring (bicyclic) bond motifs is 1. The molecule has 4 aromatic rings. The molecule has 1 unspecified atom stereocenters. The number of hydrogen-bond acceptors (Lipinski definition) is 6. The zero-order chi connectivity index (χ0) is 20.8. The molecule has 152 valence electrons. The summed E-state index contributed by atoms with van der Waals surface area (Å²) < 4.78 is 6.28. The summed E-state index contributed by atoms with van der Waals surface area (Å²) in [6.07, 6.45) is 0.696. The summed E-state index contributed by atoms with van der Waals surface area (Å²) in [7, 11) is 0. The van der Waals surface area contributed by atoms with Crippen LogP contribution >= 0.6 is 22.7 Å². The van der Waals surface area contributed by atoms with Crippen LogP contribution in [-0.4, -0.2) is 23.5 Å². The first kappa shape index (κ1) is 20.3. The number of carbonyl (C=O) groups is 2. The second-order valence-electron chi connectivity index (χ2n) is 6.66. The van der Waals surface area contributed by atoms with Crippen LogP contribution < -0.4 is 5.32 Å². The van der Waals surface area contributed by atoms with E-state index in [1.807, 2.05) is 72.1 Å². The van der Waals surface area contributed by atoms with Crippen molar-refractivity contribution in [2.75, 3.05) is 6.61 Å². The predicted octanol–water partition coefficient (Wildman–Crippen LogP) is 4.74. The molecule has 2 aromatic carbocycles. The first-order valence-electron chi connectivity index (χ1n) is 9.57. The lowest BCUT2D eigenvalue weighted by atomic mass is 10.1. The molecule has 0 aliphatic heterocycles.